The van der Waals surface area contributed by atoms with Crippen molar-refractivity contribution in [3.05, 3.63) is 95.1 Å². The fourth-order valence-corrected chi connectivity index (χ4v) is 2.60. The van der Waals surface area contributed by atoms with Gasteiger partial charge in [-0.25, -0.2) is 0 Å². The monoisotopic (exact) mass is 370 g/mol. The summed E-state index contributed by atoms with van der Waals surface area (Å²) >= 11 is 0. The average Bonchev–Trinajstić information content (AvgIpc) is 2.77. The van der Waals surface area contributed by atoms with E-state index in [9.17, 15) is 9.59 Å². The lowest BCUT2D eigenvalue weighted by Crippen LogP contribution is -2.15. The minimum absolute atomic E-state index is 0.282. The Bertz CT molecular complexity index is 1050. The summed E-state index contributed by atoms with van der Waals surface area (Å²) in [6, 6.07) is 20.6. The number of carbonyl (C=O) groups is 2. The molecule has 0 saturated carbocycles. The maximum Gasteiger partial charge on any atom is 0.234 e. The molecule has 138 valence electrons. The van der Waals surface area contributed by atoms with Crippen molar-refractivity contribution in [1.82, 2.24) is 0 Å². The minimum atomic E-state index is -0.593. The van der Waals surface area contributed by atoms with Gasteiger partial charge in [-0.3, -0.25) is 9.59 Å². The first-order valence-corrected chi connectivity index (χ1v) is 8.60. The second-order valence-corrected chi connectivity index (χ2v) is 5.91. The molecule has 0 bridgehead atoms. The van der Waals surface area contributed by atoms with Crippen molar-refractivity contribution in [2.45, 2.75) is 0 Å². The summed E-state index contributed by atoms with van der Waals surface area (Å²) in [7, 11) is 3.14. The molecule has 0 aromatic heterocycles. The summed E-state index contributed by atoms with van der Waals surface area (Å²) in [6.45, 7) is 0. The second kappa shape index (κ2) is 8.70. The normalized spacial score (nSPS) is 9.79. The summed E-state index contributed by atoms with van der Waals surface area (Å²) in [5, 5.41) is 0. The van der Waals surface area contributed by atoms with Crippen molar-refractivity contribution in [1.29, 1.82) is 0 Å². The van der Waals surface area contributed by atoms with E-state index >= 15 is 0 Å². The molecule has 28 heavy (non-hydrogen) atoms. The van der Waals surface area contributed by atoms with Gasteiger partial charge in [0.15, 0.2) is 0 Å². The van der Waals surface area contributed by atoms with E-state index in [1.807, 2.05) is 24.3 Å². The minimum Gasteiger partial charge on any atom is -0.497 e. The second-order valence-electron chi connectivity index (χ2n) is 5.91. The number of hydrogen-bond donors (Lipinski definition) is 0. The van der Waals surface area contributed by atoms with E-state index in [4.69, 9.17) is 9.47 Å². The van der Waals surface area contributed by atoms with Gasteiger partial charge in [0.2, 0.25) is 11.6 Å². The zero-order valence-electron chi connectivity index (χ0n) is 15.6. The molecule has 0 N–H and O–H groups in total. The van der Waals surface area contributed by atoms with E-state index in [1.54, 1.807) is 62.8 Å². The largest absolute Gasteiger partial charge is 0.497 e. The first-order valence-electron chi connectivity index (χ1n) is 8.60. The van der Waals surface area contributed by atoms with E-state index in [1.165, 1.54) is 0 Å². The van der Waals surface area contributed by atoms with Crippen LogP contribution in [0.4, 0.5) is 0 Å². The van der Waals surface area contributed by atoms with Crippen LogP contribution in [0.1, 0.15) is 31.8 Å². The lowest BCUT2D eigenvalue weighted by Gasteiger charge is -2.05. The summed E-state index contributed by atoms with van der Waals surface area (Å²) in [4.78, 5) is 25.3. The van der Waals surface area contributed by atoms with Crippen LogP contribution in [-0.2, 0) is 0 Å². The number of benzene rings is 3. The summed E-state index contributed by atoms with van der Waals surface area (Å²) in [5.41, 5.74) is 1.88. The molecule has 0 atom stereocenters. The van der Waals surface area contributed by atoms with Gasteiger partial charge in [0.05, 0.1) is 14.2 Å². The van der Waals surface area contributed by atoms with Gasteiger partial charge in [-0.2, -0.15) is 0 Å². The molecule has 4 heteroatoms. The molecule has 0 heterocycles. The molecule has 0 unspecified atom stereocenters. The van der Waals surface area contributed by atoms with Gasteiger partial charge in [-0.15, -0.1) is 0 Å². The number of carbonyl (C=O) groups excluding carboxylic acids is 2. The van der Waals surface area contributed by atoms with Crippen LogP contribution >= 0.6 is 0 Å². The molecule has 4 nitrogen and oxygen atoms in total. The van der Waals surface area contributed by atoms with Gasteiger partial charge in [0.1, 0.15) is 11.5 Å². The standard InChI is InChI=1S/C24H18O4/c1-27-20-13-8-17(9-14-20)7-10-18-5-3-4-6-22(18)24(26)23(25)19-11-15-21(28-2)16-12-19/h3-6,8-9,11-16H,1-2H3. The van der Waals surface area contributed by atoms with Gasteiger partial charge in [-0.05, 0) is 60.7 Å². The molecule has 0 amide bonds. The highest BCUT2D eigenvalue weighted by atomic mass is 16.5. The van der Waals surface area contributed by atoms with Gasteiger partial charge in [0, 0.05) is 22.3 Å². The van der Waals surface area contributed by atoms with E-state index in [-0.39, 0.29) is 5.56 Å². The van der Waals surface area contributed by atoms with Gasteiger partial charge in [0.25, 0.3) is 0 Å². The summed E-state index contributed by atoms with van der Waals surface area (Å²) in [6.07, 6.45) is 0. The van der Waals surface area contributed by atoms with E-state index in [2.05, 4.69) is 11.8 Å². The number of Topliss-reactive ketones (excluding diaryl/α,β-unsaturated/α-hetero) is 2. The lowest BCUT2D eigenvalue weighted by molar-refractivity contribution is 0.0816. The molecule has 0 saturated heterocycles. The molecule has 3 rings (SSSR count). The Morgan fingerprint density at radius 3 is 1.86 bits per heavy atom. The van der Waals surface area contributed by atoms with Crippen molar-refractivity contribution in [2.75, 3.05) is 14.2 Å². The third kappa shape index (κ3) is 4.28. The average molecular weight is 370 g/mol. The smallest absolute Gasteiger partial charge is 0.234 e. The highest BCUT2D eigenvalue weighted by Gasteiger charge is 2.20. The van der Waals surface area contributed by atoms with Crippen LogP contribution in [0.5, 0.6) is 11.5 Å². The third-order valence-electron chi connectivity index (χ3n) is 4.16. The zero-order valence-corrected chi connectivity index (χ0v) is 15.6. The highest BCUT2D eigenvalue weighted by molar-refractivity contribution is 6.49. The molecule has 0 aliphatic rings. The van der Waals surface area contributed by atoms with Gasteiger partial charge < -0.3 is 9.47 Å². The van der Waals surface area contributed by atoms with Crippen LogP contribution in [0.25, 0.3) is 0 Å². The van der Waals surface area contributed by atoms with Crippen LogP contribution in [-0.4, -0.2) is 25.8 Å². The maximum atomic E-state index is 12.8. The number of hydrogen-bond acceptors (Lipinski definition) is 4. The molecule has 0 fully saturated rings. The summed E-state index contributed by atoms with van der Waals surface area (Å²) < 4.78 is 10.2. The molecular formula is C24H18O4. The predicted octanol–water partition coefficient (Wildman–Crippen LogP) is 4.17. The number of rotatable bonds is 5. The zero-order chi connectivity index (χ0) is 19.9. The van der Waals surface area contributed by atoms with Crippen LogP contribution in [0.2, 0.25) is 0 Å². The van der Waals surface area contributed by atoms with Crippen molar-refractivity contribution in [3.8, 4) is 23.3 Å². The molecule has 3 aromatic rings. The maximum absolute atomic E-state index is 12.8. The Morgan fingerprint density at radius 1 is 0.679 bits per heavy atom. The van der Waals surface area contributed by atoms with Gasteiger partial charge >= 0.3 is 0 Å². The van der Waals surface area contributed by atoms with Crippen LogP contribution in [0.3, 0.4) is 0 Å². The van der Waals surface area contributed by atoms with Crippen molar-refractivity contribution in [2.24, 2.45) is 0 Å². The third-order valence-corrected chi connectivity index (χ3v) is 4.16. The van der Waals surface area contributed by atoms with E-state index in [0.717, 1.165) is 11.3 Å². The number of ketones is 2. The predicted molar refractivity (Wildman–Crippen MR) is 107 cm³/mol. The topological polar surface area (TPSA) is 52.6 Å². The molecule has 0 aliphatic carbocycles. The van der Waals surface area contributed by atoms with Crippen molar-refractivity contribution in [3.63, 3.8) is 0 Å². The Hall–Kier alpha value is -3.84. The quantitative estimate of drug-likeness (QED) is 0.384. The van der Waals surface area contributed by atoms with Crippen LogP contribution in [0, 0.1) is 11.8 Å². The van der Waals surface area contributed by atoms with E-state index in [0.29, 0.717) is 16.9 Å². The van der Waals surface area contributed by atoms with Crippen LogP contribution < -0.4 is 9.47 Å². The first-order chi connectivity index (χ1) is 13.6. The Morgan fingerprint density at radius 2 is 1.25 bits per heavy atom. The lowest BCUT2D eigenvalue weighted by atomic mass is 9.97. The highest BCUT2D eigenvalue weighted by Crippen LogP contribution is 2.16. The SMILES string of the molecule is COc1ccc(C#Cc2ccccc2C(=O)C(=O)c2ccc(OC)cc2)cc1. The van der Waals surface area contributed by atoms with Crippen molar-refractivity contribution >= 4 is 11.6 Å². The molecule has 0 aliphatic heterocycles. The summed E-state index contributed by atoms with van der Waals surface area (Å²) in [5.74, 6) is 6.19. The number of ether oxygens (including phenoxy) is 2. The molecule has 0 radical (unpaired) electrons. The van der Waals surface area contributed by atoms with Crippen molar-refractivity contribution < 1.29 is 19.1 Å². The molecule has 3 aromatic carbocycles. The Kier molecular flexibility index (Phi) is 5.88. The van der Waals surface area contributed by atoms with Gasteiger partial charge in [-0.1, -0.05) is 24.0 Å². The van der Waals surface area contributed by atoms with Crippen LogP contribution in [0.15, 0.2) is 72.8 Å². The number of methoxy groups -OCH3 is 2. The molecular weight excluding hydrogens is 352 g/mol. The fraction of sp³-hybridized carbons (Fsp3) is 0.0833. The van der Waals surface area contributed by atoms with E-state index < -0.39 is 11.6 Å². The fourth-order valence-electron chi connectivity index (χ4n) is 2.60. The Balaban J connectivity index is 1.87. The first kappa shape index (κ1) is 18.9. The Labute approximate surface area is 163 Å². The molecule has 0 spiro atoms.